The third kappa shape index (κ3) is 3.52. The molecule has 0 bridgehead atoms. The van der Waals surface area contributed by atoms with Gasteiger partial charge in [0, 0.05) is 6.20 Å². The van der Waals surface area contributed by atoms with E-state index in [-0.39, 0.29) is 32.9 Å². The first kappa shape index (κ1) is 20.8. The average molecular weight is 460 g/mol. The van der Waals surface area contributed by atoms with Gasteiger partial charge in [-0.1, -0.05) is 36.4 Å². The first-order valence-electron chi connectivity index (χ1n) is 10.0. The lowest BCUT2D eigenvalue weighted by atomic mass is 10.2. The molecule has 3 aromatic heterocycles. The number of fused-ring (bicyclic) bond motifs is 2. The zero-order valence-corrected chi connectivity index (χ0v) is 18.0. The summed E-state index contributed by atoms with van der Waals surface area (Å²) in [4.78, 5) is 17.5. The Labute approximate surface area is 187 Å². The molecule has 0 saturated heterocycles. The quantitative estimate of drug-likeness (QED) is 0.417. The molecule has 7 nitrogen and oxygen atoms in total. The van der Waals surface area contributed by atoms with Crippen LogP contribution in [0.3, 0.4) is 0 Å². The fourth-order valence-electron chi connectivity index (χ4n) is 3.72. The first-order chi connectivity index (χ1) is 15.9. The monoisotopic (exact) mass is 460 g/mol. The zero-order valence-electron chi connectivity index (χ0n) is 17.1. The molecule has 0 spiro atoms. The summed E-state index contributed by atoms with van der Waals surface area (Å²) in [5.41, 5.74) is 0.393. The molecule has 0 amide bonds. The van der Waals surface area contributed by atoms with Crippen LogP contribution in [-0.2, 0) is 16.4 Å². The topological polar surface area (TPSA) is 97.3 Å². The summed E-state index contributed by atoms with van der Waals surface area (Å²) in [7, 11) is -4.10. The number of sulfone groups is 1. The predicted molar refractivity (Wildman–Crippen MR) is 120 cm³/mol. The van der Waals surface area contributed by atoms with Gasteiger partial charge in [-0.05, 0) is 48.0 Å². The Kier molecular flexibility index (Phi) is 4.90. The van der Waals surface area contributed by atoms with E-state index in [0.29, 0.717) is 11.2 Å². The van der Waals surface area contributed by atoms with Crippen molar-refractivity contribution in [2.75, 3.05) is 0 Å². The standard InChI is InChI=1S/C24H17FN4O3S/c25-17-11-9-16(10-12-17)15-29-22(26)20(33(31,32)18-6-2-1-3-7-18)14-19-23(29)27-21-8-4-5-13-28(21)24(19)30/h1-14,26H,15H2. The van der Waals surface area contributed by atoms with Crippen molar-refractivity contribution in [3.63, 3.8) is 0 Å². The normalized spacial score (nSPS) is 11.8. The van der Waals surface area contributed by atoms with Crippen LogP contribution < -0.4 is 11.0 Å². The largest absolute Gasteiger partial charge is 0.305 e. The van der Waals surface area contributed by atoms with Gasteiger partial charge in [-0.3, -0.25) is 14.6 Å². The van der Waals surface area contributed by atoms with Crippen LogP contribution in [0.2, 0.25) is 0 Å². The van der Waals surface area contributed by atoms with E-state index in [1.54, 1.807) is 54.7 Å². The second-order valence-electron chi connectivity index (χ2n) is 7.47. The van der Waals surface area contributed by atoms with E-state index in [4.69, 9.17) is 5.41 Å². The van der Waals surface area contributed by atoms with Crippen LogP contribution in [-0.4, -0.2) is 22.4 Å². The van der Waals surface area contributed by atoms with Gasteiger partial charge in [-0.2, -0.15) is 0 Å². The van der Waals surface area contributed by atoms with Crippen molar-refractivity contribution in [2.24, 2.45) is 0 Å². The van der Waals surface area contributed by atoms with Crippen LogP contribution in [0, 0.1) is 11.2 Å². The van der Waals surface area contributed by atoms with Crippen molar-refractivity contribution in [3.05, 3.63) is 112 Å². The summed E-state index contributed by atoms with van der Waals surface area (Å²) in [5.74, 6) is -0.414. The summed E-state index contributed by atoms with van der Waals surface area (Å²) < 4.78 is 42.9. The molecule has 164 valence electrons. The van der Waals surface area contributed by atoms with Crippen LogP contribution >= 0.6 is 0 Å². The second-order valence-corrected chi connectivity index (χ2v) is 9.39. The smallest absolute Gasteiger partial charge is 0.267 e. The van der Waals surface area contributed by atoms with Gasteiger partial charge in [0.2, 0.25) is 9.84 Å². The van der Waals surface area contributed by atoms with Gasteiger partial charge in [-0.15, -0.1) is 0 Å². The Morgan fingerprint density at radius 1 is 0.939 bits per heavy atom. The van der Waals surface area contributed by atoms with Gasteiger partial charge in [0.05, 0.1) is 16.8 Å². The van der Waals surface area contributed by atoms with Gasteiger partial charge in [0.25, 0.3) is 5.56 Å². The minimum atomic E-state index is -4.10. The fourth-order valence-corrected chi connectivity index (χ4v) is 5.13. The first-order valence-corrected chi connectivity index (χ1v) is 11.5. The van der Waals surface area contributed by atoms with Crippen molar-refractivity contribution >= 4 is 26.5 Å². The van der Waals surface area contributed by atoms with Crippen LogP contribution in [0.15, 0.2) is 99.6 Å². The van der Waals surface area contributed by atoms with E-state index >= 15 is 0 Å². The van der Waals surface area contributed by atoms with Crippen molar-refractivity contribution in [2.45, 2.75) is 16.3 Å². The Bertz CT molecular complexity index is 1740. The van der Waals surface area contributed by atoms with Crippen LogP contribution in [0.25, 0.3) is 16.7 Å². The lowest BCUT2D eigenvalue weighted by molar-refractivity contribution is 0.591. The van der Waals surface area contributed by atoms with E-state index < -0.39 is 21.2 Å². The average Bonchev–Trinajstić information content (AvgIpc) is 2.83. The number of nitrogens with zero attached hydrogens (tertiary/aromatic N) is 3. The molecular weight excluding hydrogens is 443 g/mol. The molecule has 3 heterocycles. The molecule has 0 radical (unpaired) electrons. The summed E-state index contributed by atoms with van der Waals surface area (Å²) in [5, 5.41) is 8.83. The highest BCUT2D eigenvalue weighted by Crippen LogP contribution is 2.21. The van der Waals surface area contributed by atoms with Gasteiger partial charge in [0.1, 0.15) is 27.5 Å². The number of hydrogen-bond donors (Lipinski definition) is 1. The Morgan fingerprint density at radius 2 is 1.64 bits per heavy atom. The van der Waals surface area contributed by atoms with E-state index in [2.05, 4.69) is 4.98 Å². The van der Waals surface area contributed by atoms with Crippen LogP contribution in [0.5, 0.6) is 0 Å². The number of halogens is 1. The maximum absolute atomic E-state index is 13.4. The van der Waals surface area contributed by atoms with E-state index in [9.17, 15) is 17.6 Å². The lowest BCUT2D eigenvalue weighted by Crippen LogP contribution is -2.30. The van der Waals surface area contributed by atoms with Crippen molar-refractivity contribution in [1.29, 1.82) is 5.41 Å². The molecule has 1 N–H and O–H groups in total. The van der Waals surface area contributed by atoms with E-state index in [1.165, 1.54) is 39.3 Å². The molecule has 5 rings (SSSR count). The Balaban J connectivity index is 1.87. The Morgan fingerprint density at radius 3 is 2.36 bits per heavy atom. The van der Waals surface area contributed by atoms with Crippen molar-refractivity contribution < 1.29 is 12.8 Å². The van der Waals surface area contributed by atoms with Crippen LogP contribution in [0.1, 0.15) is 5.56 Å². The maximum Gasteiger partial charge on any atom is 0.267 e. The molecule has 0 aliphatic carbocycles. The molecule has 0 aliphatic rings. The molecule has 0 saturated carbocycles. The van der Waals surface area contributed by atoms with Crippen molar-refractivity contribution in [1.82, 2.24) is 14.0 Å². The lowest BCUT2D eigenvalue weighted by Gasteiger charge is -2.15. The number of hydrogen-bond acceptors (Lipinski definition) is 5. The molecular formula is C24H17FN4O3S. The molecule has 5 aromatic rings. The van der Waals surface area contributed by atoms with Gasteiger partial charge in [0.15, 0.2) is 0 Å². The Hall–Kier alpha value is -4.11. The molecule has 0 unspecified atom stereocenters. The maximum atomic E-state index is 13.4. The second kappa shape index (κ2) is 7.79. The minimum Gasteiger partial charge on any atom is -0.305 e. The summed E-state index contributed by atoms with van der Waals surface area (Å²) >= 11 is 0. The van der Waals surface area contributed by atoms with E-state index in [0.717, 1.165) is 0 Å². The number of aromatic nitrogens is 3. The SMILES string of the molecule is N=c1c(S(=O)(=O)c2ccccc2)cc2c(=O)n3ccccc3nc2n1Cc1ccc(F)cc1. The minimum absolute atomic E-state index is 0.0139. The summed E-state index contributed by atoms with van der Waals surface area (Å²) in [6, 6.07) is 19.7. The summed E-state index contributed by atoms with van der Waals surface area (Å²) in [6.07, 6.45) is 1.55. The van der Waals surface area contributed by atoms with Gasteiger partial charge < -0.3 is 4.57 Å². The predicted octanol–water partition coefficient (Wildman–Crippen LogP) is 3.15. The van der Waals surface area contributed by atoms with Crippen LogP contribution in [0.4, 0.5) is 4.39 Å². The zero-order chi connectivity index (χ0) is 23.2. The highest BCUT2D eigenvalue weighted by atomic mass is 32.2. The molecule has 0 atom stereocenters. The molecule has 0 fully saturated rings. The molecule has 0 aliphatic heterocycles. The molecule has 9 heteroatoms. The number of nitrogens with one attached hydrogen (secondary N) is 1. The van der Waals surface area contributed by atoms with Crippen molar-refractivity contribution in [3.8, 4) is 0 Å². The number of benzene rings is 2. The molecule has 2 aromatic carbocycles. The molecule has 33 heavy (non-hydrogen) atoms. The third-order valence-corrected chi connectivity index (χ3v) is 7.16. The third-order valence-electron chi connectivity index (χ3n) is 5.38. The fraction of sp³-hybridized carbons (Fsp3) is 0.0417. The number of pyridine rings is 2. The highest BCUT2D eigenvalue weighted by molar-refractivity contribution is 7.91. The number of rotatable bonds is 4. The van der Waals surface area contributed by atoms with Gasteiger partial charge >= 0.3 is 0 Å². The van der Waals surface area contributed by atoms with E-state index in [1.807, 2.05) is 0 Å². The summed E-state index contributed by atoms with van der Waals surface area (Å²) in [6.45, 7) is 0.0310. The van der Waals surface area contributed by atoms with Gasteiger partial charge in [-0.25, -0.2) is 17.8 Å². The highest BCUT2D eigenvalue weighted by Gasteiger charge is 2.24.